The first-order valence-corrected chi connectivity index (χ1v) is 5.37. The maximum atomic E-state index is 10.5. The van der Waals surface area contributed by atoms with E-state index >= 15 is 0 Å². The van der Waals surface area contributed by atoms with Gasteiger partial charge in [0.2, 0.25) is 5.91 Å². The normalized spacial score (nSPS) is 10.2. The molecule has 0 atom stereocenters. The highest BCUT2D eigenvalue weighted by Crippen LogP contribution is 1.98. The van der Waals surface area contributed by atoms with Gasteiger partial charge in [-0.1, -0.05) is 6.58 Å². The van der Waals surface area contributed by atoms with Gasteiger partial charge in [-0.15, -0.1) is 0 Å². The number of hydrogen-bond donors (Lipinski definition) is 2. The highest BCUT2D eigenvalue weighted by Gasteiger charge is 1.97. The van der Waals surface area contributed by atoms with Crippen LogP contribution in [0.2, 0.25) is 0 Å². The summed E-state index contributed by atoms with van der Waals surface area (Å²) in [5.74, 6) is -0.229. The van der Waals surface area contributed by atoms with E-state index in [1.54, 1.807) is 17.1 Å². The van der Waals surface area contributed by atoms with Crippen molar-refractivity contribution in [1.29, 1.82) is 0 Å². The van der Waals surface area contributed by atoms with Crippen molar-refractivity contribution in [3.8, 4) is 0 Å². The molecule has 0 aliphatic heterocycles. The van der Waals surface area contributed by atoms with E-state index in [4.69, 9.17) is 5.73 Å². The van der Waals surface area contributed by atoms with Crippen LogP contribution in [0.1, 0.15) is 24.8 Å². The van der Waals surface area contributed by atoms with Crippen molar-refractivity contribution < 1.29 is 4.79 Å². The molecule has 1 aromatic heterocycles. The lowest BCUT2D eigenvalue weighted by Crippen LogP contribution is -2.15. The highest BCUT2D eigenvalue weighted by atomic mass is 16.1. The van der Waals surface area contributed by atoms with Crippen LogP contribution in [0.4, 0.5) is 0 Å². The Morgan fingerprint density at radius 1 is 1.62 bits per heavy atom. The molecule has 16 heavy (non-hydrogen) atoms. The van der Waals surface area contributed by atoms with Gasteiger partial charge in [-0.25, -0.2) is 4.68 Å². The smallest absolute Gasteiger partial charge is 0.217 e. The summed E-state index contributed by atoms with van der Waals surface area (Å²) < 4.78 is 1.67. The quantitative estimate of drug-likeness (QED) is 0.637. The van der Waals surface area contributed by atoms with E-state index in [9.17, 15) is 4.79 Å². The highest BCUT2D eigenvalue weighted by molar-refractivity contribution is 5.73. The van der Waals surface area contributed by atoms with Gasteiger partial charge in [0, 0.05) is 30.9 Å². The molecule has 5 heteroatoms. The van der Waals surface area contributed by atoms with Crippen LogP contribution in [0.3, 0.4) is 0 Å². The molecule has 1 rings (SSSR count). The number of primary amides is 1. The molecule has 88 valence electrons. The van der Waals surface area contributed by atoms with E-state index in [2.05, 4.69) is 17.0 Å². The van der Waals surface area contributed by atoms with E-state index in [-0.39, 0.29) is 5.91 Å². The second-order valence-electron chi connectivity index (χ2n) is 3.61. The second-order valence-corrected chi connectivity index (χ2v) is 3.61. The van der Waals surface area contributed by atoms with Crippen molar-refractivity contribution in [2.75, 3.05) is 6.54 Å². The number of nitrogens with two attached hydrogens (primary N) is 1. The van der Waals surface area contributed by atoms with Crippen molar-refractivity contribution in [2.45, 2.75) is 25.8 Å². The first-order chi connectivity index (χ1) is 7.72. The molecule has 1 heterocycles. The van der Waals surface area contributed by atoms with Gasteiger partial charge in [0.1, 0.15) is 0 Å². The summed E-state index contributed by atoms with van der Waals surface area (Å²) >= 11 is 0. The van der Waals surface area contributed by atoms with Gasteiger partial charge in [0.15, 0.2) is 0 Å². The maximum Gasteiger partial charge on any atom is 0.217 e. The molecule has 0 aliphatic rings. The summed E-state index contributed by atoms with van der Waals surface area (Å²) in [6.45, 7) is 5.28. The maximum absolute atomic E-state index is 10.5. The van der Waals surface area contributed by atoms with Gasteiger partial charge in [-0.05, 0) is 19.4 Å². The molecule has 0 saturated heterocycles. The number of aromatic nitrogens is 2. The van der Waals surface area contributed by atoms with Crippen molar-refractivity contribution in [2.24, 2.45) is 5.73 Å². The zero-order valence-electron chi connectivity index (χ0n) is 9.35. The number of nitrogens with zero attached hydrogens (tertiary/aromatic N) is 2. The van der Waals surface area contributed by atoms with Gasteiger partial charge in [0.25, 0.3) is 0 Å². The molecule has 3 N–H and O–H groups in total. The molecule has 1 aromatic rings. The van der Waals surface area contributed by atoms with Gasteiger partial charge >= 0.3 is 0 Å². The fourth-order valence-corrected chi connectivity index (χ4v) is 1.35. The largest absolute Gasteiger partial charge is 0.370 e. The molecular formula is C11H18N4O. The second kappa shape index (κ2) is 6.79. The zero-order valence-corrected chi connectivity index (χ0v) is 9.35. The predicted molar refractivity (Wildman–Crippen MR) is 63.4 cm³/mol. The Morgan fingerprint density at radius 3 is 3.06 bits per heavy atom. The number of nitrogens with one attached hydrogen (secondary N) is 1. The zero-order chi connectivity index (χ0) is 11.8. The predicted octanol–water partition coefficient (Wildman–Crippen LogP) is 0.729. The molecule has 0 bridgehead atoms. The van der Waals surface area contributed by atoms with Crippen LogP contribution in [-0.2, 0) is 11.3 Å². The lowest BCUT2D eigenvalue weighted by molar-refractivity contribution is -0.118. The van der Waals surface area contributed by atoms with Gasteiger partial charge in [-0.2, -0.15) is 5.10 Å². The number of rotatable bonds is 8. The lowest BCUT2D eigenvalue weighted by Gasteiger charge is -2.01. The molecule has 0 fully saturated rings. The fourth-order valence-electron chi connectivity index (χ4n) is 1.35. The number of amides is 1. The Hall–Kier alpha value is -1.62. The SMILES string of the molecule is C=Cn1cc(CNCCCCC(N)=O)cn1. The topological polar surface area (TPSA) is 72.9 Å². The number of carbonyl (C=O) groups excluding carboxylic acids is 1. The van der Waals surface area contributed by atoms with Crippen LogP contribution in [0.15, 0.2) is 19.0 Å². The third kappa shape index (κ3) is 4.75. The van der Waals surface area contributed by atoms with Crippen molar-refractivity contribution in [3.05, 3.63) is 24.5 Å². The molecule has 1 amide bonds. The Bertz CT molecular complexity index is 346. The van der Waals surface area contributed by atoms with E-state index in [1.807, 2.05) is 6.20 Å². The van der Waals surface area contributed by atoms with Gasteiger partial charge < -0.3 is 11.1 Å². The summed E-state index contributed by atoms with van der Waals surface area (Å²) in [5.41, 5.74) is 6.16. The van der Waals surface area contributed by atoms with Crippen LogP contribution in [0.5, 0.6) is 0 Å². The number of carbonyl (C=O) groups is 1. The van der Waals surface area contributed by atoms with Crippen LogP contribution in [-0.4, -0.2) is 22.2 Å². The third-order valence-corrected chi connectivity index (χ3v) is 2.20. The number of hydrogen-bond acceptors (Lipinski definition) is 3. The van der Waals surface area contributed by atoms with Crippen LogP contribution < -0.4 is 11.1 Å². The minimum Gasteiger partial charge on any atom is -0.370 e. The summed E-state index contributed by atoms with van der Waals surface area (Å²) in [6.07, 6.45) is 7.64. The van der Waals surface area contributed by atoms with Crippen LogP contribution in [0.25, 0.3) is 6.20 Å². The lowest BCUT2D eigenvalue weighted by atomic mass is 10.2. The van der Waals surface area contributed by atoms with Crippen LogP contribution >= 0.6 is 0 Å². The van der Waals surface area contributed by atoms with E-state index in [0.717, 1.165) is 31.5 Å². The fraction of sp³-hybridized carbons (Fsp3) is 0.455. The molecule has 0 spiro atoms. The first-order valence-electron chi connectivity index (χ1n) is 5.37. The monoisotopic (exact) mass is 222 g/mol. The molecule has 0 aliphatic carbocycles. The van der Waals surface area contributed by atoms with Gasteiger partial charge in [0.05, 0.1) is 6.20 Å². The Balaban J connectivity index is 2.07. The summed E-state index contributed by atoms with van der Waals surface area (Å²) in [5, 5.41) is 7.34. The van der Waals surface area contributed by atoms with E-state index in [1.165, 1.54) is 0 Å². The van der Waals surface area contributed by atoms with Crippen LogP contribution in [0, 0.1) is 0 Å². The minimum absolute atomic E-state index is 0.229. The molecular weight excluding hydrogens is 204 g/mol. The third-order valence-electron chi connectivity index (χ3n) is 2.20. The van der Waals surface area contributed by atoms with Gasteiger partial charge in [-0.3, -0.25) is 4.79 Å². The van der Waals surface area contributed by atoms with E-state index < -0.39 is 0 Å². The number of unbranched alkanes of at least 4 members (excludes halogenated alkanes) is 1. The average Bonchev–Trinajstić information content (AvgIpc) is 2.70. The Morgan fingerprint density at radius 2 is 2.44 bits per heavy atom. The molecule has 0 aromatic carbocycles. The van der Waals surface area contributed by atoms with Crippen molar-refractivity contribution in [1.82, 2.24) is 15.1 Å². The molecule has 0 saturated carbocycles. The summed E-state index contributed by atoms with van der Waals surface area (Å²) in [4.78, 5) is 10.5. The average molecular weight is 222 g/mol. The van der Waals surface area contributed by atoms with Crippen molar-refractivity contribution in [3.63, 3.8) is 0 Å². The standard InChI is InChI=1S/C11H18N4O/c1-2-15-9-10(8-14-15)7-13-6-4-3-5-11(12)16/h2,8-9,13H,1,3-7H2,(H2,12,16). The van der Waals surface area contributed by atoms with E-state index in [0.29, 0.717) is 6.42 Å². The summed E-state index contributed by atoms with van der Waals surface area (Å²) in [6, 6.07) is 0. The first kappa shape index (κ1) is 12.4. The molecule has 0 radical (unpaired) electrons. The van der Waals surface area contributed by atoms with Crippen molar-refractivity contribution >= 4 is 12.1 Å². The minimum atomic E-state index is -0.229. The Kier molecular flexibility index (Phi) is 5.28. The Labute approximate surface area is 95.3 Å². The summed E-state index contributed by atoms with van der Waals surface area (Å²) in [7, 11) is 0. The molecule has 5 nitrogen and oxygen atoms in total. The molecule has 0 unspecified atom stereocenters.